The van der Waals surface area contributed by atoms with E-state index in [4.69, 9.17) is 0 Å². The predicted octanol–water partition coefficient (Wildman–Crippen LogP) is 4.20. The highest BCUT2D eigenvalue weighted by Crippen LogP contribution is 2.24. The van der Waals surface area contributed by atoms with Crippen molar-refractivity contribution in [3.63, 3.8) is 0 Å². The van der Waals surface area contributed by atoms with E-state index in [2.05, 4.69) is 30.6 Å². The maximum atomic E-state index is 12.5. The summed E-state index contributed by atoms with van der Waals surface area (Å²) in [5.41, 5.74) is 1.57. The molecule has 2 N–H and O–H groups in total. The fourth-order valence-electron chi connectivity index (χ4n) is 2.91. The topological polar surface area (TPSA) is 110 Å². The van der Waals surface area contributed by atoms with Crippen LogP contribution >= 0.6 is 22.7 Å². The van der Waals surface area contributed by atoms with Crippen molar-refractivity contribution >= 4 is 66.6 Å². The minimum Gasteiger partial charge on any atom is -0.296 e. The number of aromatic nitrogens is 4. The molecule has 0 saturated heterocycles. The molecule has 0 saturated carbocycles. The van der Waals surface area contributed by atoms with Crippen LogP contribution in [0.5, 0.6) is 0 Å². The molecule has 0 aliphatic heterocycles. The lowest BCUT2D eigenvalue weighted by molar-refractivity contribution is 0.101. The molecule has 1 aromatic carbocycles. The molecule has 0 radical (unpaired) electrons. The molecule has 0 atom stereocenters. The van der Waals surface area contributed by atoms with Crippen molar-refractivity contribution in [2.45, 2.75) is 0 Å². The minimum atomic E-state index is -0.360. The van der Waals surface area contributed by atoms with Crippen LogP contribution in [0.2, 0.25) is 0 Å². The number of benzene rings is 1. The Balaban J connectivity index is 1.54. The van der Waals surface area contributed by atoms with Gasteiger partial charge in [-0.1, -0.05) is 24.3 Å². The Hall–Kier alpha value is -3.76. The lowest BCUT2D eigenvalue weighted by atomic mass is 10.1. The number of carbonyl (C=O) groups is 2. The van der Waals surface area contributed by atoms with Crippen LogP contribution in [0, 0.1) is 0 Å². The lowest BCUT2D eigenvalue weighted by Gasteiger charge is -2.07. The van der Waals surface area contributed by atoms with Crippen LogP contribution in [0.25, 0.3) is 21.8 Å². The molecule has 146 valence electrons. The van der Waals surface area contributed by atoms with Gasteiger partial charge in [0, 0.05) is 33.9 Å². The molecule has 8 nitrogen and oxygen atoms in total. The van der Waals surface area contributed by atoms with Crippen molar-refractivity contribution < 1.29 is 9.59 Å². The van der Waals surface area contributed by atoms with Crippen LogP contribution in [0.4, 0.5) is 10.3 Å². The zero-order valence-corrected chi connectivity index (χ0v) is 16.8. The standard InChI is InChI=1S/C20H12N6O2S2/c27-17(25-19-21-7-9-29-19)13-5-3-11-1-2-12-4-6-14(24-16(12)15(11)23-13)18(28)26-20-22-8-10-30-20/h1-10H,(H,21,25,27)(H,22,26,28). The van der Waals surface area contributed by atoms with Crippen molar-refractivity contribution in [1.82, 2.24) is 19.9 Å². The molecule has 5 aromatic rings. The number of thiazole rings is 2. The van der Waals surface area contributed by atoms with Crippen molar-refractivity contribution in [2.24, 2.45) is 0 Å². The number of hydrogen-bond acceptors (Lipinski definition) is 8. The second kappa shape index (κ2) is 7.58. The van der Waals surface area contributed by atoms with Crippen LogP contribution in [-0.2, 0) is 0 Å². The second-order valence-electron chi connectivity index (χ2n) is 6.18. The molecule has 0 fully saturated rings. The van der Waals surface area contributed by atoms with Crippen LogP contribution in [0.3, 0.4) is 0 Å². The van der Waals surface area contributed by atoms with Crippen LogP contribution < -0.4 is 10.6 Å². The first-order chi connectivity index (χ1) is 14.7. The van der Waals surface area contributed by atoms with Gasteiger partial charge >= 0.3 is 0 Å². The van der Waals surface area contributed by atoms with E-state index in [9.17, 15) is 9.59 Å². The predicted molar refractivity (Wildman–Crippen MR) is 117 cm³/mol. The number of nitrogens with zero attached hydrogens (tertiary/aromatic N) is 4. The summed E-state index contributed by atoms with van der Waals surface area (Å²) in [6.45, 7) is 0. The molecule has 0 aliphatic rings. The zero-order chi connectivity index (χ0) is 20.5. The number of carbonyl (C=O) groups excluding carboxylic acids is 2. The monoisotopic (exact) mass is 432 g/mol. The third kappa shape index (κ3) is 3.49. The fraction of sp³-hybridized carbons (Fsp3) is 0. The van der Waals surface area contributed by atoms with Gasteiger partial charge in [0.15, 0.2) is 10.3 Å². The molecule has 2 amide bonds. The number of fused-ring (bicyclic) bond motifs is 3. The number of hydrogen-bond donors (Lipinski definition) is 2. The van der Waals surface area contributed by atoms with E-state index in [1.165, 1.54) is 22.7 Å². The number of anilines is 2. The van der Waals surface area contributed by atoms with Gasteiger partial charge in [0.1, 0.15) is 11.4 Å². The molecule has 30 heavy (non-hydrogen) atoms. The van der Waals surface area contributed by atoms with Gasteiger partial charge in [-0.05, 0) is 12.1 Å². The van der Waals surface area contributed by atoms with Gasteiger partial charge in [-0.2, -0.15) is 0 Å². The first kappa shape index (κ1) is 18.3. The van der Waals surface area contributed by atoms with Gasteiger partial charge in [-0.3, -0.25) is 20.2 Å². The first-order valence-electron chi connectivity index (χ1n) is 8.79. The summed E-state index contributed by atoms with van der Waals surface area (Å²) < 4.78 is 0. The van der Waals surface area contributed by atoms with Crippen molar-refractivity contribution in [3.8, 4) is 0 Å². The van der Waals surface area contributed by atoms with Gasteiger partial charge in [0.05, 0.1) is 11.0 Å². The quantitative estimate of drug-likeness (QED) is 0.412. The average Bonchev–Trinajstić information content (AvgIpc) is 3.47. The van der Waals surface area contributed by atoms with E-state index in [1.54, 1.807) is 35.3 Å². The number of pyridine rings is 2. The van der Waals surface area contributed by atoms with Crippen LogP contribution in [0.15, 0.2) is 59.6 Å². The van der Waals surface area contributed by atoms with E-state index in [0.717, 1.165) is 10.8 Å². The maximum Gasteiger partial charge on any atom is 0.276 e. The molecule has 4 heterocycles. The van der Waals surface area contributed by atoms with Crippen molar-refractivity contribution in [2.75, 3.05) is 10.6 Å². The van der Waals surface area contributed by atoms with Gasteiger partial charge in [0.2, 0.25) is 0 Å². The maximum absolute atomic E-state index is 12.5. The minimum absolute atomic E-state index is 0.240. The normalized spacial score (nSPS) is 10.9. The molecule has 0 aliphatic carbocycles. The summed E-state index contributed by atoms with van der Waals surface area (Å²) in [4.78, 5) is 42.2. The molecule has 10 heteroatoms. The SMILES string of the molecule is O=C(Nc1nccs1)c1ccc2ccc3ccc(C(=O)Nc4nccs4)nc3c2n1. The Morgan fingerprint density at radius 3 is 1.50 bits per heavy atom. The van der Waals surface area contributed by atoms with E-state index in [1.807, 2.05) is 24.3 Å². The van der Waals surface area contributed by atoms with Gasteiger partial charge < -0.3 is 0 Å². The highest BCUT2D eigenvalue weighted by molar-refractivity contribution is 7.14. The second-order valence-corrected chi connectivity index (χ2v) is 7.97. The smallest absolute Gasteiger partial charge is 0.276 e. The lowest BCUT2D eigenvalue weighted by Crippen LogP contribution is -2.14. The zero-order valence-electron chi connectivity index (χ0n) is 15.2. The summed E-state index contributed by atoms with van der Waals surface area (Å²) in [6, 6.07) is 10.7. The largest absolute Gasteiger partial charge is 0.296 e. The van der Waals surface area contributed by atoms with Crippen LogP contribution in [0.1, 0.15) is 21.0 Å². The summed E-state index contributed by atoms with van der Waals surface area (Å²) in [5.74, 6) is -0.719. The Labute approximate surface area is 177 Å². The fourth-order valence-corrected chi connectivity index (χ4v) is 3.96. The van der Waals surface area contributed by atoms with E-state index >= 15 is 0 Å². The first-order valence-corrected chi connectivity index (χ1v) is 10.6. The van der Waals surface area contributed by atoms with Gasteiger partial charge in [0.25, 0.3) is 11.8 Å². The van der Waals surface area contributed by atoms with Crippen molar-refractivity contribution in [1.29, 1.82) is 0 Å². The Bertz CT molecular complexity index is 1280. The third-order valence-electron chi connectivity index (χ3n) is 4.29. The number of rotatable bonds is 4. The van der Waals surface area contributed by atoms with E-state index in [-0.39, 0.29) is 23.2 Å². The molecule has 5 rings (SSSR count). The molecular weight excluding hydrogens is 420 g/mol. The summed E-state index contributed by atoms with van der Waals surface area (Å²) in [5, 5.41) is 11.6. The summed E-state index contributed by atoms with van der Waals surface area (Å²) in [7, 11) is 0. The molecule has 4 aromatic heterocycles. The third-order valence-corrected chi connectivity index (χ3v) is 5.67. The van der Waals surface area contributed by atoms with Crippen LogP contribution in [-0.4, -0.2) is 31.8 Å². The Morgan fingerprint density at radius 2 is 1.10 bits per heavy atom. The molecule has 0 spiro atoms. The number of nitrogens with one attached hydrogen (secondary N) is 2. The summed E-state index contributed by atoms with van der Waals surface area (Å²) >= 11 is 2.65. The molecule has 0 bridgehead atoms. The Morgan fingerprint density at radius 1 is 0.667 bits per heavy atom. The van der Waals surface area contributed by atoms with E-state index < -0.39 is 0 Å². The highest BCUT2D eigenvalue weighted by atomic mass is 32.1. The van der Waals surface area contributed by atoms with Gasteiger partial charge in [-0.15, -0.1) is 22.7 Å². The molecular formula is C20H12N6O2S2. The van der Waals surface area contributed by atoms with Crippen molar-refractivity contribution in [3.05, 3.63) is 70.9 Å². The van der Waals surface area contributed by atoms with Gasteiger partial charge in [-0.25, -0.2) is 19.9 Å². The molecule has 0 unspecified atom stereocenters. The number of amides is 2. The van der Waals surface area contributed by atoms with E-state index in [0.29, 0.717) is 21.3 Å². The summed E-state index contributed by atoms with van der Waals surface area (Å²) in [6.07, 6.45) is 3.23. The average molecular weight is 432 g/mol. The Kier molecular flexibility index (Phi) is 4.62. The highest BCUT2D eigenvalue weighted by Gasteiger charge is 2.14.